The van der Waals surface area contributed by atoms with Gasteiger partial charge in [-0.05, 0) is 56.8 Å². The summed E-state index contributed by atoms with van der Waals surface area (Å²) in [6, 6.07) is 6.93. The second-order valence-corrected chi connectivity index (χ2v) is 8.35. The minimum atomic E-state index is -0.588. The van der Waals surface area contributed by atoms with Crippen LogP contribution in [-0.2, 0) is 18.3 Å². The van der Waals surface area contributed by atoms with Crippen LogP contribution in [-0.4, -0.2) is 33.8 Å². The Morgan fingerprint density at radius 2 is 1.66 bits per heavy atom. The summed E-state index contributed by atoms with van der Waals surface area (Å²) >= 11 is 6.19. The molecular weight excluding hydrogens is 440 g/mol. The Labute approximate surface area is 190 Å². The van der Waals surface area contributed by atoms with Crippen molar-refractivity contribution in [3.8, 4) is 11.1 Å². The Balaban J connectivity index is 0.000000646. The molecule has 0 unspecified atom stereocenters. The topological polar surface area (TPSA) is 79.5 Å². The standard InChI is InChI=1S/C19H14ClF2NO2.C4H10O.CH4O/c1-10-3-5-13(17(20)18(10)22)16-14-9-11(21)4-6-12(14)19(25)23(2)15(16)7-8-24;1-4(2,3)5;1-2/h3-6,8-9H,7H2,1-2H3;5H,1-3H3;2H,1H3. The highest BCUT2D eigenvalue weighted by atomic mass is 35.5. The van der Waals surface area contributed by atoms with E-state index in [1.807, 2.05) is 0 Å². The van der Waals surface area contributed by atoms with E-state index in [1.54, 1.807) is 39.8 Å². The zero-order chi connectivity index (χ0) is 24.8. The maximum absolute atomic E-state index is 14.3. The third-order valence-corrected chi connectivity index (χ3v) is 4.67. The van der Waals surface area contributed by atoms with Crippen molar-refractivity contribution < 1.29 is 23.8 Å². The second-order valence-electron chi connectivity index (χ2n) is 7.98. The number of carbonyl (C=O) groups excluding carboxylic acids is 1. The highest BCUT2D eigenvalue weighted by Gasteiger charge is 2.20. The molecule has 0 radical (unpaired) electrons. The molecule has 0 saturated carbocycles. The van der Waals surface area contributed by atoms with Crippen molar-refractivity contribution in [2.24, 2.45) is 7.05 Å². The Bertz CT molecular complexity index is 1160. The van der Waals surface area contributed by atoms with Crippen LogP contribution in [0.5, 0.6) is 0 Å². The van der Waals surface area contributed by atoms with Crippen LogP contribution in [0, 0.1) is 18.6 Å². The highest BCUT2D eigenvalue weighted by molar-refractivity contribution is 6.34. The summed E-state index contributed by atoms with van der Waals surface area (Å²) in [4.78, 5) is 23.7. The number of aldehydes is 1. The average Bonchev–Trinajstić information content (AvgIpc) is 2.71. The van der Waals surface area contributed by atoms with Crippen LogP contribution in [0.25, 0.3) is 21.9 Å². The number of aliphatic hydroxyl groups excluding tert-OH is 1. The van der Waals surface area contributed by atoms with Gasteiger partial charge in [0.25, 0.3) is 5.56 Å². The predicted octanol–water partition coefficient (Wildman–Crippen LogP) is 4.57. The number of carbonyl (C=O) groups is 1. The third kappa shape index (κ3) is 6.45. The Hall–Kier alpha value is -2.61. The van der Waals surface area contributed by atoms with Gasteiger partial charge in [-0.3, -0.25) is 4.79 Å². The lowest BCUT2D eigenvalue weighted by Crippen LogP contribution is -2.22. The van der Waals surface area contributed by atoms with E-state index in [4.69, 9.17) is 21.8 Å². The van der Waals surface area contributed by atoms with Crippen molar-refractivity contribution in [1.29, 1.82) is 0 Å². The van der Waals surface area contributed by atoms with Crippen LogP contribution < -0.4 is 5.56 Å². The van der Waals surface area contributed by atoms with Crippen LogP contribution in [0.1, 0.15) is 32.0 Å². The van der Waals surface area contributed by atoms with Crippen molar-refractivity contribution >= 4 is 28.7 Å². The number of benzene rings is 2. The molecule has 0 amide bonds. The molecule has 0 spiro atoms. The molecule has 5 nitrogen and oxygen atoms in total. The summed E-state index contributed by atoms with van der Waals surface area (Å²) in [5.74, 6) is -1.13. The van der Waals surface area contributed by atoms with E-state index in [-0.39, 0.29) is 22.4 Å². The molecule has 3 rings (SSSR count). The first kappa shape index (κ1) is 27.4. The Morgan fingerprint density at radius 1 is 1.09 bits per heavy atom. The summed E-state index contributed by atoms with van der Waals surface area (Å²) in [6.45, 7) is 6.81. The maximum atomic E-state index is 14.3. The molecule has 0 fully saturated rings. The number of hydrogen-bond acceptors (Lipinski definition) is 4. The van der Waals surface area contributed by atoms with E-state index in [1.165, 1.54) is 29.8 Å². The van der Waals surface area contributed by atoms with Gasteiger partial charge in [0.15, 0.2) is 0 Å². The lowest BCUT2D eigenvalue weighted by molar-refractivity contribution is -0.107. The number of halogens is 3. The van der Waals surface area contributed by atoms with Crippen LogP contribution in [0.3, 0.4) is 0 Å². The molecule has 1 aromatic heterocycles. The van der Waals surface area contributed by atoms with Gasteiger partial charge in [0.1, 0.15) is 17.9 Å². The van der Waals surface area contributed by atoms with Gasteiger partial charge in [0.05, 0.1) is 10.6 Å². The molecule has 8 heteroatoms. The summed E-state index contributed by atoms with van der Waals surface area (Å²) < 4.78 is 29.5. The minimum Gasteiger partial charge on any atom is -0.400 e. The van der Waals surface area contributed by atoms with Crippen LogP contribution in [0.2, 0.25) is 5.02 Å². The van der Waals surface area contributed by atoms with Gasteiger partial charge in [-0.1, -0.05) is 23.7 Å². The predicted molar refractivity (Wildman–Crippen MR) is 124 cm³/mol. The third-order valence-electron chi connectivity index (χ3n) is 4.30. The highest BCUT2D eigenvalue weighted by Crippen LogP contribution is 2.37. The molecule has 0 aliphatic heterocycles. The van der Waals surface area contributed by atoms with Crippen LogP contribution in [0.4, 0.5) is 8.78 Å². The molecule has 3 aromatic rings. The van der Waals surface area contributed by atoms with E-state index >= 15 is 0 Å². The van der Waals surface area contributed by atoms with E-state index in [9.17, 15) is 18.4 Å². The number of hydrogen-bond donors (Lipinski definition) is 2. The van der Waals surface area contributed by atoms with Crippen molar-refractivity contribution in [2.45, 2.75) is 39.7 Å². The number of nitrogens with zero attached hydrogens (tertiary/aromatic N) is 1. The molecule has 1 heterocycles. The monoisotopic (exact) mass is 467 g/mol. The number of pyridine rings is 1. The van der Waals surface area contributed by atoms with Gasteiger partial charge in [0.2, 0.25) is 0 Å². The lowest BCUT2D eigenvalue weighted by atomic mass is 9.94. The van der Waals surface area contributed by atoms with Gasteiger partial charge < -0.3 is 19.6 Å². The van der Waals surface area contributed by atoms with Crippen LogP contribution >= 0.6 is 11.6 Å². The number of fused-ring (bicyclic) bond motifs is 1. The molecule has 0 saturated heterocycles. The average molecular weight is 468 g/mol. The van der Waals surface area contributed by atoms with E-state index in [0.29, 0.717) is 34.1 Å². The summed E-state index contributed by atoms with van der Waals surface area (Å²) in [6.07, 6.45) is 0.557. The van der Waals surface area contributed by atoms with Crippen molar-refractivity contribution in [3.63, 3.8) is 0 Å². The molecule has 2 N–H and O–H groups in total. The molecule has 174 valence electrons. The number of aliphatic hydroxyl groups is 2. The molecule has 0 atom stereocenters. The second kappa shape index (κ2) is 11.3. The normalized spacial score (nSPS) is 10.7. The Morgan fingerprint density at radius 3 is 2.19 bits per heavy atom. The molecule has 32 heavy (non-hydrogen) atoms. The van der Waals surface area contributed by atoms with E-state index in [2.05, 4.69) is 0 Å². The van der Waals surface area contributed by atoms with Crippen LogP contribution in [0.15, 0.2) is 35.1 Å². The number of aryl methyl sites for hydroxylation is 1. The molecular formula is C24H28ClF2NO4. The van der Waals surface area contributed by atoms with Crippen molar-refractivity contribution in [1.82, 2.24) is 4.57 Å². The smallest absolute Gasteiger partial charge is 0.258 e. The van der Waals surface area contributed by atoms with Gasteiger partial charge in [0, 0.05) is 42.8 Å². The first-order chi connectivity index (χ1) is 14.9. The van der Waals surface area contributed by atoms with Gasteiger partial charge in [-0.25, -0.2) is 8.78 Å². The fourth-order valence-corrected chi connectivity index (χ4v) is 3.30. The SMILES string of the molecule is CC(C)(C)O.CO.Cc1ccc(-c2c(CC=O)n(C)c(=O)c3ccc(F)cc23)c(Cl)c1F. The van der Waals surface area contributed by atoms with Gasteiger partial charge >= 0.3 is 0 Å². The van der Waals surface area contributed by atoms with Crippen molar-refractivity contribution in [3.05, 3.63) is 68.6 Å². The molecule has 2 aromatic carbocycles. The first-order valence-corrected chi connectivity index (χ1v) is 10.1. The quantitative estimate of drug-likeness (QED) is 0.553. The first-order valence-electron chi connectivity index (χ1n) is 9.73. The molecule has 0 aliphatic rings. The summed E-state index contributed by atoms with van der Waals surface area (Å²) in [7, 11) is 2.52. The number of aromatic nitrogens is 1. The lowest BCUT2D eigenvalue weighted by Gasteiger charge is -2.18. The largest absolute Gasteiger partial charge is 0.400 e. The molecule has 0 aliphatic carbocycles. The fraction of sp³-hybridized carbons (Fsp3) is 0.333. The molecule has 0 bridgehead atoms. The van der Waals surface area contributed by atoms with E-state index in [0.717, 1.165) is 7.11 Å². The van der Waals surface area contributed by atoms with Gasteiger partial charge in [-0.2, -0.15) is 0 Å². The van der Waals surface area contributed by atoms with Gasteiger partial charge in [-0.15, -0.1) is 0 Å². The Kier molecular flexibility index (Phi) is 9.70. The minimum absolute atomic E-state index is 0.0840. The zero-order valence-corrected chi connectivity index (χ0v) is 19.7. The summed E-state index contributed by atoms with van der Waals surface area (Å²) in [5.41, 5.74) is 0.550. The number of rotatable bonds is 3. The van der Waals surface area contributed by atoms with Crippen molar-refractivity contribution in [2.75, 3.05) is 7.11 Å². The van der Waals surface area contributed by atoms with E-state index < -0.39 is 17.2 Å². The summed E-state index contributed by atoms with van der Waals surface area (Å²) in [5, 5.41) is 16.0. The zero-order valence-electron chi connectivity index (χ0n) is 19.0. The maximum Gasteiger partial charge on any atom is 0.258 e. The fourth-order valence-electron chi connectivity index (χ4n) is 2.99.